The summed E-state index contributed by atoms with van der Waals surface area (Å²) in [5.41, 5.74) is 3.93. The molecule has 4 nitrogen and oxygen atoms in total. The number of rotatable bonds is 6. The average molecular weight is 364 g/mol. The van der Waals surface area contributed by atoms with Gasteiger partial charge in [-0.15, -0.1) is 0 Å². The molecule has 0 aliphatic carbocycles. The summed E-state index contributed by atoms with van der Waals surface area (Å²) < 4.78 is 16.8. The Morgan fingerprint density at radius 1 is 1.07 bits per heavy atom. The van der Waals surface area contributed by atoms with Crippen LogP contribution >= 0.6 is 0 Å². The predicted molar refractivity (Wildman–Crippen MR) is 108 cm³/mol. The number of methoxy groups -OCH3 is 2. The molecule has 3 aromatic rings. The third-order valence-electron chi connectivity index (χ3n) is 4.50. The van der Waals surface area contributed by atoms with Crippen LogP contribution in [0.2, 0.25) is 0 Å². The molecule has 27 heavy (non-hydrogen) atoms. The van der Waals surface area contributed by atoms with Crippen molar-refractivity contribution in [2.75, 3.05) is 14.2 Å². The van der Waals surface area contributed by atoms with Gasteiger partial charge in [0.2, 0.25) is 0 Å². The Kier molecular flexibility index (Phi) is 5.65. The molecule has 0 radical (unpaired) electrons. The summed E-state index contributed by atoms with van der Waals surface area (Å²) in [6, 6.07) is 13.5. The van der Waals surface area contributed by atoms with E-state index in [1.165, 1.54) is 5.57 Å². The van der Waals surface area contributed by atoms with Crippen LogP contribution in [0.1, 0.15) is 30.5 Å². The van der Waals surface area contributed by atoms with Crippen LogP contribution in [-0.4, -0.2) is 14.2 Å². The minimum atomic E-state index is -0.340. The second-order valence-electron chi connectivity index (χ2n) is 6.71. The molecular weight excluding hydrogens is 340 g/mol. The number of hydrogen-bond acceptors (Lipinski definition) is 4. The van der Waals surface area contributed by atoms with Crippen LogP contribution in [0.5, 0.6) is 11.5 Å². The highest BCUT2D eigenvalue weighted by molar-refractivity contribution is 5.88. The minimum Gasteiger partial charge on any atom is -0.496 e. The normalized spacial score (nSPS) is 10.7. The van der Waals surface area contributed by atoms with Crippen LogP contribution in [0.25, 0.3) is 11.0 Å². The first-order chi connectivity index (χ1) is 13.0. The Morgan fingerprint density at radius 3 is 2.44 bits per heavy atom. The zero-order valence-electron chi connectivity index (χ0n) is 16.2. The molecule has 0 saturated heterocycles. The third-order valence-corrected chi connectivity index (χ3v) is 4.50. The van der Waals surface area contributed by atoms with E-state index in [9.17, 15) is 4.79 Å². The van der Waals surface area contributed by atoms with E-state index in [4.69, 9.17) is 13.9 Å². The smallest absolute Gasteiger partial charge is 0.339 e. The highest BCUT2D eigenvalue weighted by Gasteiger charge is 2.18. The lowest BCUT2D eigenvalue weighted by Gasteiger charge is -2.15. The Bertz CT molecular complexity index is 1030. The maximum Gasteiger partial charge on any atom is 0.339 e. The number of hydrogen-bond donors (Lipinski definition) is 0. The van der Waals surface area contributed by atoms with Crippen LogP contribution < -0.4 is 15.1 Å². The van der Waals surface area contributed by atoms with Crippen molar-refractivity contribution >= 4 is 11.0 Å². The van der Waals surface area contributed by atoms with E-state index in [1.54, 1.807) is 20.3 Å². The number of allylic oxidation sites excluding steroid dienone is 2. The molecule has 0 bridgehead atoms. The Labute approximate surface area is 159 Å². The second-order valence-corrected chi connectivity index (χ2v) is 6.71. The highest BCUT2D eigenvalue weighted by atomic mass is 16.5. The van der Waals surface area contributed by atoms with Crippen molar-refractivity contribution in [3.05, 3.63) is 81.2 Å². The zero-order chi connectivity index (χ0) is 19.4. The molecule has 2 aromatic carbocycles. The molecule has 0 amide bonds. The average Bonchev–Trinajstić information content (AvgIpc) is 2.66. The molecule has 140 valence electrons. The Balaban J connectivity index is 2.18. The summed E-state index contributed by atoms with van der Waals surface area (Å²) in [7, 11) is 3.23. The van der Waals surface area contributed by atoms with E-state index >= 15 is 0 Å². The lowest BCUT2D eigenvalue weighted by atomic mass is 10.0. The number of benzene rings is 2. The van der Waals surface area contributed by atoms with Gasteiger partial charge in [-0.1, -0.05) is 42.0 Å². The summed E-state index contributed by atoms with van der Waals surface area (Å²) in [6.07, 6.45) is 3.31. The van der Waals surface area contributed by atoms with Gasteiger partial charge in [0.05, 0.1) is 19.6 Å². The minimum absolute atomic E-state index is 0.340. The van der Waals surface area contributed by atoms with Crippen molar-refractivity contribution in [2.24, 2.45) is 0 Å². The van der Waals surface area contributed by atoms with Crippen LogP contribution in [0.15, 0.2) is 63.3 Å². The third kappa shape index (κ3) is 4.05. The maximum atomic E-state index is 12.5. The van der Waals surface area contributed by atoms with E-state index in [2.05, 4.69) is 19.9 Å². The van der Waals surface area contributed by atoms with Gasteiger partial charge in [-0.2, -0.15) is 0 Å². The molecule has 1 heterocycles. The first-order valence-corrected chi connectivity index (χ1v) is 8.91. The molecule has 0 atom stereocenters. The van der Waals surface area contributed by atoms with Crippen molar-refractivity contribution in [3.8, 4) is 11.5 Å². The van der Waals surface area contributed by atoms with Gasteiger partial charge >= 0.3 is 5.63 Å². The maximum absolute atomic E-state index is 12.5. The largest absolute Gasteiger partial charge is 0.496 e. The van der Waals surface area contributed by atoms with Gasteiger partial charge in [0.25, 0.3) is 0 Å². The van der Waals surface area contributed by atoms with Gasteiger partial charge < -0.3 is 13.9 Å². The Hall–Kier alpha value is -3.01. The second kappa shape index (κ2) is 8.12. The Morgan fingerprint density at radius 2 is 1.81 bits per heavy atom. The molecule has 3 rings (SSSR count). The van der Waals surface area contributed by atoms with E-state index in [0.717, 1.165) is 16.5 Å². The van der Waals surface area contributed by atoms with Crippen molar-refractivity contribution < 1.29 is 13.9 Å². The molecule has 0 aliphatic heterocycles. The first kappa shape index (κ1) is 18.8. The fraction of sp³-hybridized carbons (Fsp3) is 0.261. The number of ether oxygens (including phenoxy) is 2. The zero-order valence-corrected chi connectivity index (χ0v) is 16.2. The van der Waals surface area contributed by atoms with E-state index < -0.39 is 0 Å². The van der Waals surface area contributed by atoms with Crippen LogP contribution in [-0.2, 0) is 12.8 Å². The molecule has 0 unspecified atom stereocenters. The monoisotopic (exact) mass is 364 g/mol. The molecule has 0 spiro atoms. The van der Waals surface area contributed by atoms with Gasteiger partial charge in [0.15, 0.2) is 0 Å². The predicted octanol–water partition coefficient (Wildman–Crippen LogP) is 4.91. The highest BCUT2D eigenvalue weighted by Crippen LogP contribution is 2.37. The lowest BCUT2D eigenvalue weighted by Crippen LogP contribution is -2.09. The SMILES string of the molecule is COc1cc2oc(=O)c(Cc3ccccc3)cc2c(OC)c1CC=C(C)C. The standard InChI is InChI=1S/C23H24O4/c1-15(2)10-11-18-20(25-3)14-21-19(22(18)26-4)13-17(23(24)27-21)12-16-8-6-5-7-9-16/h5-10,13-14H,11-12H2,1-4H3. The van der Waals surface area contributed by atoms with Crippen molar-refractivity contribution in [2.45, 2.75) is 26.7 Å². The van der Waals surface area contributed by atoms with E-state index in [-0.39, 0.29) is 5.63 Å². The lowest BCUT2D eigenvalue weighted by molar-refractivity contribution is 0.388. The summed E-state index contributed by atoms with van der Waals surface area (Å²) in [5.74, 6) is 1.33. The van der Waals surface area contributed by atoms with Crippen LogP contribution in [0.4, 0.5) is 0 Å². The summed E-state index contributed by atoms with van der Waals surface area (Å²) in [5, 5.41) is 0.779. The van der Waals surface area contributed by atoms with E-state index in [1.807, 2.05) is 36.4 Å². The van der Waals surface area contributed by atoms with Crippen LogP contribution in [0.3, 0.4) is 0 Å². The number of fused-ring (bicyclic) bond motifs is 1. The molecule has 0 aliphatic rings. The molecule has 0 saturated carbocycles. The summed E-state index contributed by atoms with van der Waals surface area (Å²) >= 11 is 0. The van der Waals surface area contributed by atoms with Gasteiger partial charge in [0, 0.05) is 23.6 Å². The quantitative estimate of drug-likeness (QED) is 0.461. The van der Waals surface area contributed by atoms with Gasteiger partial charge in [-0.05, 0) is 31.9 Å². The first-order valence-electron chi connectivity index (χ1n) is 8.91. The van der Waals surface area contributed by atoms with Gasteiger partial charge in [-0.3, -0.25) is 0 Å². The molecule has 0 fully saturated rings. The molecule has 1 aromatic heterocycles. The summed E-state index contributed by atoms with van der Waals surface area (Å²) in [4.78, 5) is 12.5. The fourth-order valence-corrected chi connectivity index (χ4v) is 3.14. The molecule has 4 heteroatoms. The van der Waals surface area contributed by atoms with Gasteiger partial charge in [-0.25, -0.2) is 4.79 Å². The molecule has 0 N–H and O–H groups in total. The van der Waals surface area contributed by atoms with Crippen molar-refractivity contribution in [1.82, 2.24) is 0 Å². The molecular formula is C23H24O4. The van der Waals surface area contributed by atoms with Crippen LogP contribution in [0, 0.1) is 0 Å². The van der Waals surface area contributed by atoms with E-state index in [0.29, 0.717) is 35.5 Å². The topological polar surface area (TPSA) is 48.7 Å². The van der Waals surface area contributed by atoms with Crippen molar-refractivity contribution in [1.29, 1.82) is 0 Å². The fourth-order valence-electron chi connectivity index (χ4n) is 3.14. The summed E-state index contributed by atoms with van der Waals surface area (Å²) in [6.45, 7) is 4.11. The van der Waals surface area contributed by atoms with Crippen molar-refractivity contribution in [3.63, 3.8) is 0 Å². The van der Waals surface area contributed by atoms with Gasteiger partial charge in [0.1, 0.15) is 17.1 Å².